The molecular weight excluding hydrogens is 289 g/mol. The van der Waals surface area contributed by atoms with Gasteiger partial charge in [-0.05, 0) is 42.3 Å². The highest BCUT2D eigenvalue weighted by Crippen LogP contribution is 2.20. The highest BCUT2D eigenvalue weighted by atomic mass is 35.5. The van der Waals surface area contributed by atoms with Gasteiger partial charge >= 0.3 is 0 Å². The molecule has 20 heavy (non-hydrogen) atoms. The molecule has 0 radical (unpaired) electrons. The first-order valence-corrected chi connectivity index (χ1v) is 7.30. The van der Waals surface area contributed by atoms with Gasteiger partial charge in [-0.15, -0.1) is 6.58 Å². The highest BCUT2D eigenvalue weighted by molar-refractivity contribution is 6.31. The van der Waals surface area contributed by atoms with Crippen LogP contribution in [0.15, 0.2) is 61.2 Å². The van der Waals surface area contributed by atoms with Crippen molar-refractivity contribution in [2.75, 3.05) is 18.0 Å². The third-order valence-corrected chi connectivity index (χ3v) is 3.59. The molecule has 1 nitrogen and oxygen atoms in total. The minimum atomic E-state index is 0.753. The van der Waals surface area contributed by atoms with E-state index in [9.17, 15) is 0 Å². The lowest BCUT2D eigenvalue weighted by molar-refractivity contribution is 0.836. The summed E-state index contributed by atoms with van der Waals surface area (Å²) in [5, 5.41) is 1.52. The molecule has 0 aromatic heterocycles. The van der Waals surface area contributed by atoms with Gasteiger partial charge in [-0.25, -0.2) is 0 Å². The number of nitrogens with zero attached hydrogens (tertiary/aromatic N) is 1. The number of anilines is 1. The van der Waals surface area contributed by atoms with Crippen LogP contribution in [0.25, 0.3) is 0 Å². The standard InChI is InChI=1S/C17H17Cl2N/c1-2-11-20(17-5-3-4-16(19)13-17)12-10-14-6-8-15(18)9-7-14/h2-9,13H,1,10-12H2. The largest absolute Gasteiger partial charge is 0.367 e. The highest BCUT2D eigenvalue weighted by Gasteiger charge is 2.05. The second kappa shape index (κ2) is 7.37. The van der Waals surface area contributed by atoms with E-state index in [1.165, 1.54) is 5.56 Å². The number of benzene rings is 2. The Morgan fingerprint density at radius 1 is 1.00 bits per heavy atom. The van der Waals surface area contributed by atoms with Crippen molar-refractivity contribution in [3.05, 3.63) is 76.8 Å². The van der Waals surface area contributed by atoms with Crippen molar-refractivity contribution in [2.24, 2.45) is 0 Å². The molecule has 3 heteroatoms. The first-order valence-electron chi connectivity index (χ1n) is 6.55. The SMILES string of the molecule is C=CCN(CCc1ccc(Cl)cc1)c1cccc(Cl)c1. The normalized spacial score (nSPS) is 10.3. The van der Waals surface area contributed by atoms with Crippen molar-refractivity contribution in [1.82, 2.24) is 0 Å². The van der Waals surface area contributed by atoms with Gasteiger partial charge in [0.1, 0.15) is 0 Å². The van der Waals surface area contributed by atoms with E-state index in [-0.39, 0.29) is 0 Å². The van der Waals surface area contributed by atoms with Gasteiger partial charge in [-0.3, -0.25) is 0 Å². The molecule has 0 spiro atoms. The van der Waals surface area contributed by atoms with Crippen molar-refractivity contribution in [3.63, 3.8) is 0 Å². The Labute approximate surface area is 130 Å². The van der Waals surface area contributed by atoms with Crippen LogP contribution in [0.2, 0.25) is 10.0 Å². The monoisotopic (exact) mass is 305 g/mol. The van der Waals surface area contributed by atoms with Crippen LogP contribution in [0, 0.1) is 0 Å². The molecule has 0 aliphatic heterocycles. The molecule has 0 aliphatic rings. The minimum Gasteiger partial charge on any atom is -0.367 e. The first kappa shape index (κ1) is 15.0. The van der Waals surface area contributed by atoms with Crippen LogP contribution >= 0.6 is 23.2 Å². The van der Waals surface area contributed by atoms with Crippen LogP contribution in [-0.4, -0.2) is 13.1 Å². The third-order valence-electron chi connectivity index (χ3n) is 3.11. The van der Waals surface area contributed by atoms with E-state index in [1.807, 2.05) is 36.4 Å². The van der Waals surface area contributed by atoms with E-state index in [2.05, 4.69) is 29.7 Å². The molecule has 0 aliphatic carbocycles. The van der Waals surface area contributed by atoms with Crippen LogP contribution in [0.5, 0.6) is 0 Å². The van der Waals surface area contributed by atoms with Crippen LogP contribution in [0.1, 0.15) is 5.56 Å². The summed E-state index contributed by atoms with van der Waals surface area (Å²) < 4.78 is 0. The Kier molecular flexibility index (Phi) is 5.51. The molecule has 104 valence electrons. The molecule has 0 N–H and O–H groups in total. The Morgan fingerprint density at radius 2 is 1.75 bits per heavy atom. The number of hydrogen-bond acceptors (Lipinski definition) is 1. The van der Waals surface area contributed by atoms with Gasteiger partial charge in [-0.2, -0.15) is 0 Å². The van der Waals surface area contributed by atoms with Crippen molar-refractivity contribution in [2.45, 2.75) is 6.42 Å². The van der Waals surface area contributed by atoms with Gasteiger partial charge in [-0.1, -0.05) is 47.5 Å². The van der Waals surface area contributed by atoms with Gasteiger partial charge in [0.05, 0.1) is 0 Å². The van der Waals surface area contributed by atoms with Gasteiger partial charge in [0.15, 0.2) is 0 Å². The quantitative estimate of drug-likeness (QED) is 0.661. The molecular formula is C17H17Cl2N. The summed E-state index contributed by atoms with van der Waals surface area (Å²) in [5.41, 5.74) is 2.39. The van der Waals surface area contributed by atoms with E-state index in [1.54, 1.807) is 0 Å². The lowest BCUT2D eigenvalue weighted by atomic mass is 10.1. The molecule has 2 rings (SSSR count). The fraction of sp³-hybridized carbons (Fsp3) is 0.176. The predicted octanol–water partition coefficient (Wildman–Crippen LogP) is 5.23. The van der Waals surface area contributed by atoms with Crippen molar-refractivity contribution >= 4 is 28.9 Å². The van der Waals surface area contributed by atoms with E-state index in [0.29, 0.717) is 0 Å². The average molecular weight is 306 g/mol. The van der Waals surface area contributed by atoms with Crippen LogP contribution in [0.4, 0.5) is 5.69 Å². The molecule has 2 aromatic carbocycles. The summed E-state index contributed by atoms with van der Waals surface area (Å²) >= 11 is 12.0. The molecule has 0 saturated heterocycles. The van der Waals surface area contributed by atoms with Crippen LogP contribution in [-0.2, 0) is 6.42 Å². The number of hydrogen-bond donors (Lipinski definition) is 0. The summed E-state index contributed by atoms with van der Waals surface area (Å²) in [5.74, 6) is 0. The summed E-state index contributed by atoms with van der Waals surface area (Å²) in [6.45, 7) is 5.53. The lowest BCUT2D eigenvalue weighted by Gasteiger charge is -2.23. The number of rotatable bonds is 6. The van der Waals surface area contributed by atoms with Crippen molar-refractivity contribution < 1.29 is 0 Å². The summed E-state index contributed by atoms with van der Waals surface area (Å²) in [6.07, 6.45) is 2.86. The van der Waals surface area contributed by atoms with E-state index < -0.39 is 0 Å². The zero-order chi connectivity index (χ0) is 14.4. The third kappa shape index (κ3) is 4.29. The van der Waals surface area contributed by atoms with Crippen molar-refractivity contribution in [1.29, 1.82) is 0 Å². The first-order chi connectivity index (χ1) is 9.69. The van der Waals surface area contributed by atoms with Gasteiger partial charge in [0, 0.05) is 28.8 Å². The summed E-state index contributed by atoms with van der Waals surface area (Å²) in [7, 11) is 0. The van der Waals surface area contributed by atoms with E-state index in [4.69, 9.17) is 23.2 Å². The molecule has 2 aromatic rings. The summed E-state index contributed by atoms with van der Waals surface area (Å²) in [6, 6.07) is 15.9. The van der Waals surface area contributed by atoms with E-state index >= 15 is 0 Å². The fourth-order valence-corrected chi connectivity index (χ4v) is 2.38. The minimum absolute atomic E-state index is 0.753. The van der Waals surface area contributed by atoms with E-state index in [0.717, 1.165) is 35.2 Å². The molecule has 0 bridgehead atoms. The maximum absolute atomic E-state index is 6.06. The maximum atomic E-state index is 6.06. The second-order valence-electron chi connectivity index (χ2n) is 4.59. The molecule has 0 heterocycles. The predicted molar refractivity (Wildman–Crippen MR) is 89.0 cm³/mol. The molecule has 0 atom stereocenters. The number of halogens is 2. The second-order valence-corrected chi connectivity index (χ2v) is 5.46. The summed E-state index contributed by atoms with van der Waals surface area (Å²) in [4.78, 5) is 2.26. The molecule has 0 amide bonds. The van der Waals surface area contributed by atoms with Crippen LogP contribution in [0.3, 0.4) is 0 Å². The Morgan fingerprint density at radius 3 is 2.40 bits per heavy atom. The maximum Gasteiger partial charge on any atom is 0.0426 e. The topological polar surface area (TPSA) is 3.24 Å². The molecule has 0 unspecified atom stereocenters. The molecule has 0 fully saturated rings. The average Bonchev–Trinajstić information content (AvgIpc) is 2.45. The lowest BCUT2D eigenvalue weighted by Crippen LogP contribution is -2.25. The molecule has 0 saturated carbocycles. The zero-order valence-electron chi connectivity index (χ0n) is 11.2. The zero-order valence-corrected chi connectivity index (χ0v) is 12.7. The van der Waals surface area contributed by atoms with Gasteiger partial charge in [0.25, 0.3) is 0 Å². The smallest absolute Gasteiger partial charge is 0.0426 e. The van der Waals surface area contributed by atoms with Crippen molar-refractivity contribution in [3.8, 4) is 0 Å². The Balaban J connectivity index is 2.06. The van der Waals surface area contributed by atoms with Crippen LogP contribution < -0.4 is 4.90 Å². The Hall–Kier alpha value is -1.44. The van der Waals surface area contributed by atoms with Gasteiger partial charge < -0.3 is 4.90 Å². The van der Waals surface area contributed by atoms with Gasteiger partial charge in [0.2, 0.25) is 0 Å². The Bertz CT molecular complexity index is 563. The fourth-order valence-electron chi connectivity index (χ4n) is 2.07.